The first-order valence-corrected chi connectivity index (χ1v) is 26.2. The second-order valence-electron chi connectivity index (χ2n) is 17.7. The molecule has 0 heterocycles. The monoisotopic (exact) mass is 866 g/mol. The minimum absolute atomic E-state index is 0.0581. The van der Waals surface area contributed by atoms with E-state index in [1.165, 1.54) is 128 Å². The zero-order valence-electron chi connectivity index (χ0n) is 40.7. The van der Waals surface area contributed by atoms with Gasteiger partial charge in [-0.3, -0.25) is 9.59 Å². The van der Waals surface area contributed by atoms with E-state index in [0.717, 1.165) is 70.6 Å². The van der Waals surface area contributed by atoms with E-state index >= 15 is 0 Å². The third-order valence-electron chi connectivity index (χ3n) is 11.7. The molecule has 0 bridgehead atoms. The van der Waals surface area contributed by atoms with Crippen molar-refractivity contribution < 1.29 is 24.5 Å². The fraction of sp³-hybridized carbons (Fsp3) is 0.750. The van der Waals surface area contributed by atoms with Crippen LogP contribution >= 0.6 is 0 Å². The van der Waals surface area contributed by atoms with E-state index in [-0.39, 0.29) is 24.9 Å². The van der Waals surface area contributed by atoms with Gasteiger partial charge in [-0.05, 0) is 44.9 Å². The van der Waals surface area contributed by atoms with Gasteiger partial charge < -0.3 is 20.3 Å². The molecule has 3 unspecified atom stereocenters. The van der Waals surface area contributed by atoms with Crippen molar-refractivity contribution in [2.24, 2.45) is 0 Å². The van der Waals surface area contributed by atoms with Crippen LogP contribution < -0.4 is 5.32 Å². The number of aliphatic hydroxyl groups is 2. The Morgan fingerprint density at radius 2 is 0.871 bits per heavy atom. The number of rotatable bonds is 46. The average molecular weight is 866 g/mol. The van der Waals surface area contributed by atoms with E-state index in [1.807, 2.05) is 48.6 Å². The number of nitrogens with one attached hydrogen (secondary N) is 1. The van der Waals surface area contributed by atoms with E-state index in [0.29, 0.717) is 19.3 Å². The third-order valence-corrected chi connectivity index (χ3v) is 11.7. The van der Waals surface area contributed by atoms with Crippen LogP contribution in [0.25, 0.3) is 0 Å². The summed E-state index contributed by atoms with van der Waals surface area (Å²) >= 11 is 0. The molecule has 3 atom stereocenters. The van der Waals surface area contributed by atoms with Crippen molar-refractivity contribution in [1.29, 1.82) is 0 Å². The molecule has 0 saturated heterocycles. The van der Waals surface area contributed by atoms with Crippen LogP contribution in [0.2, 0.25) is 0 Å². The van der Waals surface area contributed by atoms with Gasteiger partial charge in [0.1, 0.15) is 6.10 Å². The molecule has 62 heavy (non-hydrogen) atoms. The number of carbonyl (C=O) groups excluding carboxylic acids is 2. The largest absolute Gasteiger partial charge is 0.462 e. The maximum atomic E-state index is 13.2. The Bertz CT molecular complexity index is 1150. The molecule has 0 rings (SSSR count). The molecule has 358 valence electrons. The Morgan fingerprint density at radius 1 is 0.484 bits per heavy atom. The van der Waals surface area contributed by atoms with Gasteiger partial charge in [-0.15, -0.1) is 0 Å². The molecule has 0 aliphatic carbocycles. The molecule has 0 aliphatic heterocycles. The van der Waals surface area contributed by atoms with Crippen molar-refractivity contribution in [2.45, 2.75) is 264 Å². The van der Waals surface area contributed by atoms with Gasteiger partial charge in [-0.2, -0.15) is 0 Å². The summed E-state index contributed by atoms with van der Waals surface area (Å²) < 4.78 is 5.90. The zero-order chi connectivity index (χ0) is 45.2. The van der Waals surface area contributed by atoms with Gasteiger partial charge in [0.25, 0.3) is 0 Å². The van der Waals surface area contributed by atoms with Crippen molar-refractivity contribution in [1.82, 2.24) is 5.32 Å². The van der Waals surface area contributed by atoms with Crippen LogP contribution in [0.3, 0.4) is 0 Å². The summed E-state index contributed by atoms with van der Waals surface area (Å²) in [6.45, 7) is 6.32. The fourth-order valence-corrected chi connectivity index (χ4v) is 7.76. The van der Waals surface area contributed by atoms with E-state index in [2.05, 4.69) is 50.4 Å². The molecule has 0 aromatic heterocycles. The highest BCUT2D eigenvalue weighted by Crippen LogP contribution is 2.18. The summed E-state index contributed by atoms with van der Waals surface area (Å²) in [5.41, 5.74) is 0. The summed E-state index contributed by atoms with van der Waals surface area (Å²) in [7, 11) is 0. The molecule has 0 aliphatic rings. The Kier molecular flexibility index (Phi) is 47.2. The number of hydrogen-bond acceptors (Lipinski definition) is 5. The second-order valence-corrected chi connectivity index (χ2v) is 17.7. The van der Waals surface area contributed by atoms with E-state index < -0.39 is 18.2 Å². The van der Waals surface area contributed by atoms with Crippen LogP contribution in [0.15, 0.2) is 72.9 Å². The maximum absolute atomic E-state index is 13.2. The first-order chi connectivity index (χ1) is 30.5. The van der Waals surface area contributed by atoms with Gasteiger partial charge >= 0.3 is 5.97 Å². The molecule has 0 saturated carbocycles. The van der Waals surface area contributed by atoms with E-state index in [1.54, 1.807) is 0 Å². The van der Waals surface area contributed by atoms with Crippen molar-refractivity contribution in [2.75, 3.05) is 6.61 Å². The Morgan fingerprint density at radius 3 is 1.31 bits per heavy atom. The van der Waals surface area contributed by atoms with Crippen molar-refractivity contribution >= 4 is 11.9 Å². The third kappa shape index (κ3) is 43.9. The predicted molar refractivity (Wildman–Crippen MR) is 268 cm³/mol. The summed E-state index contributed by atoms with van der Waals surface area (Å²) in [6.07, 6.45) is 62.5. The summed E-state index contributed by atoms with van der Waals surface area (Å²) in [4.78, 5) is 26.1. The first kappa shape index (κ1) is 59.3. The Hall–Kier alpha value is -2.70. The number of hydrogen-bond donors (Lipinski definition) is 3. The fourth-order valence-electron chi connectivity index (χ4n) is 7.76. The minimum atomic E-state index is -0.797. The van der Waals surface area contributed by atoms with Gasteiger partial charge in [-0.1, -0.05) is 261 Å². The number of esters is 1. The lowest BCUT2D eigenvalue weighted by atomic mass is 10.0. The zero-order valence-corrected chi connectivity index (χ0v) is 40.7. The topological polar surface area (TPSA) is 95.9 Å². The normalized spacial score (nSPS) is 13.8. The molecule has 3 N–H and O–H groups in total. The number of aliphatic hydroxyl groups excluding tert-OH is 2. The van der Waals surface area contributed by atoms with Gasteiger partial charge in [0, 0.05) is 6.42 Å². The number of carbonyl (C=O) groups is 2. The highest BCUT2D eigenvalue weighted by Gasteiger charge is 2.24. The molecular weight excluding hydrogens is 767 g/mol. The summed E-state index contributed by atoms with van der Waals surface area (Å²) in [5, 5.41) is 23.8. The molecule has 0 radical (unpaired) electrons. The summed E-state index contributed by atoms with van der Waals surface area (Å²) in [6, 6.07) is -0.712. The van der Waals surface area contributed by atoms with Crippen LogP contribution in [0.5, 0.6) is 0 Å². The standard InChI is InChI=1S/C56H99NO5/c1-4-7-10-13-16-19-21-23-25-27-29-31-33-36-39-42-45-48-54(59)53(51-58)57-55(60)50-52(47-44-41-38-35-18-15-12-9-6-3)62-56(61)49-46-43-40-37-34-32-30-28-26-24-22-20-17-14-11-8-5-2/h8,11,14,17,20,22,24,26,28,30,32,34,52-54,58-59H,4-7,9-10,12-13,15-16,18-19,21,23,25,27,29,31,33,35-51H2,1-3H3,(H,57,60)/b11-8-,17-14+,22-20+,26-24-,30-28+,34-32+. The lowest BCUT2D eigenvalue weighted by Gasteiger charge is -2.24. The minimum Gasteiger partial charge on any atom is -0.462 e. The number of unbranched alkanes of at least 4 members (excludes halogenated alkanes) is 27. The number of amides is 1. The van der Waals surface area contributed by atoms with E-state index in [9.17, 15) is 19.8 Å². The second kappa shape index (κ2) is 49.3. The molecule has 0 aromatic carbocycles. The maximum Gasteiger partial charge on any atom is 0.306 e. The van der Waals surface area contributed by atoms with Crippen molar-refractivity contribution in [3.63, 3.8) is 0 Å². The first-order valence-electron chi connectivity index (χ1n) is 26.2. The average Bonchev–Trinajstić information content (AvgIpc) is 3.26. The lowest BCUT2D eigenvalue weighted by molar-refractivity contribution is -0.151. The van der Waals surface area contributed by atoms with Gasteiger partial charge in [0.15, 0.2) is 0 Å². The van der Waals surface area contributed by atoms with Crippen LogP contribution in [-0.4, -0.2) is 46.9 Å². The molecule has 6 heteroatoms. The highest BCUT2D eigenvalue weighted by atomic mass is 16.5. The van der Waals surface area contributed by atoms with Crippen LogP contribution in [0, 0.1) is 0 Å². The summed E-state index contributed by atoms with van der Waals surface area (Å²) in [5.74, 6) is -0.525. The van der Waals surface area contributed by atoms with Crippen LogP contribution in [0.4, 0.5) is 0 Å². The Balaban J connectivity index is 4.51. The smallest absolute Gasteiger partial charge is 0.306 e. The van der Waals surface area contributed by atoms with Crippen molar-refractivity contribution in [3.05, 3.63) is 72.9 Å². The Labute approximate surface area is 383 Å². The molecule has 0 fully saturated rings. The predicted octanol–water partition coefficient (Wildman–Crippen LogP) is 15.8. The van der Waals surface area contributed by atoms with Gasteiger partial charge in [0.05, 0.1) is 25.2 Å². The van der Waals surface area contributed by atoms with Gasteiger partial charge in [0.2, 0.25) is 5.91 Å². The molecule has 1 amide bonds. The number of allylic oxidation sites excluding steroid dienone is 12. The molecule has 6 nitrogen and oxygen atoms in total. The lowest BCUT2D eigenvalue weighted by Crippen LogP contribution is -2.46. The quantitative estimate of drug-likeness (QED) is 0.0322. The molecule has 0 spiro atoms. The molecule has 0 aromatic rings. The molecular formula is C56H99NO5. The van der Waals surface area contributed by atoms with Crippen LogP contribution in [-0.2, 0) is 14.3 Å². The van der Waals surface area contributed by atoms with Crippen molar-refractivity contribution in [3.8, 4) is 0 Å². The SMILES string of the molecule is CC\C=C/C=C/C=C/C=C\C=C\C=C\CCCCCC(=O)OC(CCCCCCCCCCC)CC(=O)NC(CO)C(O)CCCCCCCCCCCCCCCCCCC. The van der Waals surface area contributed by atoms with Gasteiger partial charge in [-0.25, -0.2) is 0 Å². The van der Waals surface area contributed by atoms with E-state index in [4.69, 9.17) is 4.74 Å². The highest BCUT2D eigenvalue weighted by molar-refractivity contribution is 5.77. The van der Waals surface area contributed by atoms with Crippen LogP contribution in [0.1, 0.15) is 245 Å². The number of ether oxygens (including phenoxy) is 1.